The predicted octanol–water partition coefficient (Wildman–Crippen LogP) is 16.3. The average Bonchev–Trinajstić information content (AvgIpc) is 3.42. The lowest BCUT2D eigenvalue weighted by Gasteiger charge is -2.40. The molecule has 76 heavy (non-hydrogen) atoms. The van der Waals surface area contributed by atoms with Crippen molar-refractivity contribution < 1.29 is 44.9 Å². The molecule has 0 aromatic heterocycles. The van der Waals surface area contributed by atoms with Gasteiger partial charge in [-0.05, 0) is 32.1 Å². The molecule has 0 aliphatic carbocycles. The maximum atomic E-state index is 13.2. The summed E-state index contributed by atoms with van der Waals surface area (Å²) in [6.45, 7) is 3.64. The van der Waals surface area contributed by atoms with Gasteiger partial charge in [0.25, 0.3) is 0 Å². The lowest BCUT2D eigenvalue weighted by molar-refractivity contribution is -0.302. The van der Waals surface area contributed by atoms with Gasteiger partial charge in [0.05, 0.1) is 25.4 Å². The minimum Gasteiger partial charge on any atom is -0.394 e. The largest absolute Gasteiger partial charge is 0.394 e. The van der Waals surface area contributed by atoms with Crippen LogP contribution in [-0.4, -0.2) is 98.7 Å². The molecule has 8 atom stereocenters. The normalized spacial score (nSPS) is 19.3. The molecule has 0 bridgehead atoms. The Labute approximate surface area is 469 Å². The molecule has 450 valence electrons. The van der Waals surface area contributed by atoms with Gasteiger partial charge in [-0.25, -0.2) is 0 Å². The van der Waals surface area contributed by atoms with Gasteiger partial charge in [0.2, 0.25) is 5.91 Å². The number of carbonyl (C=O) groups is 1. The van der Waals surface area contributed by atoms with E-state index in [0.717, 1.165) is 38.5 Å². The number of allylic oxidation sites excluding steroid dienone is 3. The molecular weight excluding hydrogens is 951 g/mol. The molecule has 8 unspecified atom stereocenters. The summed E-state index contributed by atoms with van der Waals surface area (Å²) in [5, 5.41) is 65.1. The van der Waals surface area contributed by atoms with E-state index < -0.39 is 61.5 Å². The molecule has 10 heteroatoms. The standard InChI is InChI=1S/C66H127NO9/c1-3-5-7-9-11-13-15-17-19-21-22-23-24-25-26-27-28-29-30-31-32-33-34-35-36-37-39-41-43-45-47-49-51-53-55-60(70)65(74)67-58(57-75-66-64(73)63(72)62(71)61(56-68)76-66)59(69)54-52-50-48-46-44-42-40-38-20-18-16-14-12-10-8-6-4-2/h44,46,52,54,58-64,66,68-73H,3-43,45,47-51,53,55-57H2,1-2H3,(H,67,74)/b46-44+,54-52+. The van der Waals surface area contributed by atoms with Crippen LogP contribution in [-0.2, 0) is 14.3 Å². The van der Waals surface area contributed by atoms with Crippen LogP contribution in [0.1, 0.15) is 328 Å². The molecule has 0 aromatic carbocycles. The Bertz CT molecular complexity index is 1270. The van der Waals surface area contributed by atoms with E-state index in [0.29, 0.717) is 12.8 Å². The lowest BCUT2D eigenvalue weighted by Crippen LogP contribution is -2.60. The molecular formula is C66H127NO9. The van der Waals surface area contributed by atoms with E-state index in [1.165, 1.54) is 263 Å². The van der Waals surface area contributed by atoms with Crippen molar-refractivity contribution in [1.29, 1.82) is 0 Å². The number of ether oxygens (including phenoxy) is 2. The zero-order valence-corrected chi connectivity index (χ0v) is 49.9. The van der Waals surface area contributed by atoms with E-state index in [1.807, 2.05) is 6.08 Å². The summed E-state index contributed by atoms with van der Waals surface area (Å²) in [5.74, 6) is -0.619. The van der Waals surface area contributed by atoms with Gasteiger partial charge in [0.1, 0.15) is 30.5 Å². The summed E-state index contributed by atoms with van der Waals surface area (Å²) in [6.07, 6.45) is 61.8. The number of hydrogen-bond donors (Lipinski definition) is 7. The molecule has 0 aromatic rings. The van der Waals surface area contributed by atoms with Crippen molar-refractivity contribution in [2.24, 2.45) is 0 Å². The molecule has 1 amide bonds. The van der Waals surface area contributed by atoms with Gasteiger partial charge in [0.15, 0.2) is 6.29 Å². The average molecular weight is 1080 g/mol. The minimum atomic E-state index is -1.61. The molecule has 1 rings (SSSR count). The number of hydrogen-bond acceptors (Lipinski definition) is 9. The molecule has 0 saturated carbocycles. The number of amides is 1. The highest BCUT2D eigenvalue weighted by molar-refractivity contribution is 5.80. The summed E-state index contributed by atoms with van der Waals surface area (Å²) >= 11 is 0. The Morgan fingerprint density at radius 1 is 0.447 bits per heavy atom. The Balaban J connectivity index is 2.13. The smallest absolute Gasteiger partial charge is 0.249 e. The van der Waals surface area contributed by atoms with Crippen LogP contribution < -0.4 is 5.32 Å². The highest BCUT2D eigenvalue weighted by Gasteiger charge is 2.44. The Kier molecular flexibility index (Phi) is 53.1. The van der Waals surface area contributed by atoms with Crippen molar-refractivity contribution in [3.8, 4) is 0 Å². The van der Waals surface area contributed by atoms with Crippen LogP contribution in [0.2, 0.25) is 0 Å². The van der Waals surface area contributed by atoms with E-state index in [-0.39, 0.29) is 6.61 Å². The molecule has 1 fully saturated rings. The quantitative estimate of drug-likeness (QED) is 0.0232. The first-order valence-electron chi connectivity index (χ1n) is 33.2. The topological polar surface area (TPSA) is 169 Å². The lowest BCUT2D eigenvalue weighted by atomic mass is 9.99. The summed E-state index contributed by atoms with van der Waals surface area (Å²) in [5.41, 5.74) is 0. The highest BCUT2D eigenvalue weighted by Crippen LogP contribution is 2.23. The van der Waals surface area contributed by atoms with Crippen LogP contribution in [0.4, 0.5) is 0 Å². The molecule has 1 heterocycles. The second kappa shape index (κ2) is 55.5. The van der Waals surface area contributed by atoms with Gasteiger partial charge in [-0.15, -0.1) is 0 Å². The highest BCUT2D eigenvalue weighted by atomic mass is 16.7. The Hall–Kier alpha value is -1.37. The van der Waals surface area contributed by atoms with Gasteiger partial charge >= 0.3 is 0 Å². The number of aliphatic hydroxyl groups is 6. The first-order chi connectivity index (χ1) is 37.3. The monoisotopic (exact) mass is 1080 g/mol. The molecule has 7 N–H and O–H groups in total. The zero-order valence-electron chi connectivity index (χ0n) is 49.9. The zero-order chi connectivity index (χ0) is 55.2. The van der Waals surface area contributed by atoms with Crippen molar-refractivity contribution >= 4 is 5.91 Å². The van der Waals surface area contributed by atoms with Crippen molar-refractivity contribution in [3.63, 3.8) is 0 Å². The molecule has 1 aliphatic heterocycles. The van der Waals surface area contributed by atoms with Gasteiger partial charge in [-0.1, -0.05) is 321 Å². The molecule has 0 radical (unpaired) electrons. The molecule has 0 spiro atoms. The fraction of sp³-hybridized carbons (Fsp3) is 0.924. The maximum Gasteiger partial charge on any atom is 0.249 e. The number of rotatable bonds is 58. The summed E-state index contributed by atoms with van der Waals surface area (Å²) in [7, 11) is 0. The van der Waals surface area contributed by atoms with Crippen LogP contribution in [0.5, 0.6) is 0 Å². The molecule has 1 saturated heterocycles. The third-order valence-electron chi connectivity index (χ3n) is 16.1. The second-order valence-electron chi connectivity index (χ2n) is 23.4. The number of unbranched alkanes of at least 4 members (excludes halogenated alkanes) is 45. The van der Waals surface area contributed by atoms with Crippen molar-refractivity contribution in [2.75, 3.05) is 13.2 Å². The second-order valence-corrected chi connectivity index (χ2v) is 23.4. The van der Waals surface area contributed by atoms with Crippen LogP contribution in [0.15, 0.2) is 24.3 Å². The van der Waals surface area contributed by atoms with Crippen LogP contribution in [0.25, 0.3) is 0 Å². The summed E-state index contributed by atoms with van der Waals surface area (Å²) < 4.78 is 11.2. The van der Waals surface area contributed by atoms with Crippen LogP contribution >= 0.6 is 0 Å². The number of nitrogens with one attached hydrogen (secondary N) is 1. The fourth-order valence-corrected chi connectivity index (χ4v) is 10.8. The van der Waals surface area contributed by atoms with E-state index in [1.54, 1.807) is 6.08 Å². The fourth-order valence-electron chi connectivity index (χ4n) is 10.8. The first-order valence-corrected chi connectivity index (χ1v) is 33.2. The Morgan fingerprint density at radius 3 is 1.14 bits per heavy atom. The summed E-state index contributed by atoms with van der Waals surface area (Å²) in [4.78, 5) is 13.2. The number of aliphatic hydroxyl groups excluding tert-OH is 6. The Morgan fingerprint density at radius 2 is 0.776 bits per heavy atom. The van der Waals surface area contributed by atoms with Crippen LogP contribution in [0, 0.1) is 0 Å². The van der Waals surface area contributed by atoms with E-state index in [9.17, 15) is 35.4 Å². The molecule has 1 aliphatic rings. The first kappa shape index (κ1) is 72.6. The molecule has 10 nitrogen and oxygen atoms in total. The van der Waals surface area contributed by atoms with Gasteiger partial charge in [-0.3, -0.25) is 4.79 Å². The number of carbonyl (C=O) groups excluding carboxylic acids is 1. The predicted molar refractivity (Wildman–Crippen MR) is 320 cm³/mol. The van der Waals surface area contributed by atoms with Gasteiger partial charge < -0.3 is 45.4 Å². The minimum absolute atomic E-state index is 0.309. The van der Waals surface area contributed by atoms with Crippen molar-refractivity contribution in [3.05, 3.63) is 24.3 Å². The van der Waals surface area contributed by atoms with Crippen LogP contribution in [0.3, 0.4) is 0 Å². The maximum absolute atomic E-state index is 13.2. The van der Waals surface area contributed by atoms with Gasteiger partial charge in [0, 0.05) is 0 Å². The SMILES string of the molecule is CCCCCCCCCCCCC/C=C/CC/C=C/C(O)C(COC1OC(CO)C(O)C(O)C1O)NC(=O)C(O)CCCCCCCCCCCCCCCCCCCCCCCCCCCCCCCCCCCC. The summed E-state index contributed by atoms with van der Waals surface area (Å²) in [6, 6.07) is -0.995. The van der Waals surface area contributed by atoms with Crippen molar-refractivity contribution in [2.45, 2.75) is 377 Å². The van der Waals surface area contributed by atoms with E-state index >= 15 is 0 Å². The van der Waals surface area contributed by atoms with Crippen molar-refractivity contribution in [1.82, 2.24) is 5.32 Å². The van der Waals surface area contributed by atoms with Gasteiger partial charge in [-0.2, -0.15) is 0 Å². The third kappa shape index (κ3) is 43.4. The van der Waals surface area contributed by atoms with E-state index in [4.69, 9.17) is 9.47 Å². The van der Waals surface area contributed by atoms with E-state index in [2.05, 4.69) is 31.3 Å². The third-order valence-corrected chi connectivity index (χ3v) is 16.1.